The van der Waals surface area contributed by atoms with Gasteiger partial charge in [-0.3, -0.25) is 4.84 Å². The summed E-state index contributed by atoms with van der Waals surface area (Å²) in [6.45, 7) is 9.38. The maximum atomic E-state index is 9.80. The van der Waals surface area contributed by atoms with E-state index in [9.17, 15) is 5.26 Å². The van der Waals surface area contributed by atoms with Crippen LogP contribution in [0.5, 0.6) is 17.2 Å². The van der Waals surface area contributed by atoms with E-state index >= 15 is 0 Å². The molecule has 1 aromatic heterocycles. The van der Waals surface area contributed by atoms with Crippen LogP contribution in [0.25, 0.3) is 11.3 Å². The molecule has 6 rings (SSSR count). The summed E-state index contributed by atoms with van der Waals surface area (Å²) < 4.78 is 12.2. The first kappa shape index (κ1) is 23.6. The van der Waals surface area contributed by atoms with Crippen LogP contribution < -0.4 is 9.47 Å². The number of aromatic nitrogens is 2. The van der Waals surface area contributed by atoms with Crippen molar-refractivity contribution in [2.45, 2.75) is 51.3 Å². The first-order valence-corrected chi connectivity index (χ1v) is 12.0. The largest absolute Gasteiger partial charge is 0.493 e. The highest BCUT2D eigenvalue weighted by atomic mass is 35.5. The molecule has 7 nitrogen and oxygen atoms in total. The van der Waals surface area contributed by atoms with Crippen LogP contribution in [-0.4, -0.2) is 38.8 Å². The van der Waals surface area contributed by atoms with Crippen LogP contribution in [0, 0.1) is 17.2 Å². The molecule has 2 bridgehead atoms. The van der Waals surface area contributed by atoms with E-state index in [2.05, 4.69) is 48.8 Å². The number of benzene rings is 2. The van der Waals surface area contributed by atoms with Gasteiger partial charge in [0.1, 0.15) is 41.3 Å². The number of hydrogen-bond donors (Lipinski definition) is 0. The van der Waals surface area contributed by atoms with Crippen molar-refractivity contribution >= 4 is 11.6 Å². The van der Waals surface area contributed by atoms with Gasteiger partial charge in [0, 0.05) is 29.3 Å². The summed E-state index contributed by atoms with van der Waals surface area (Å²) in [7, 11) is 0. The van der Waals surface area contributed by atoms with Gasteiger partial charge >= 0.3 is 0 Å². The monoisotopic (exact) mass is 490 g/mol. The van der Waals surface area contributed by atoms with Gasteiger partial charge in [0.25, 0.3) is 0 Å². The molecular formula is C27H27ClN4O3. The van der Waals surface area contributed by atoms with Gasteiger partial charge in [0.15, 0.2) is 0 Å². The Morgan fingerprint density at radius 2 is 2.00 bits per heavy atom. The van der Waals surface area contributed by atoms with Crippen LogP contribution >= 0.6 is 11.6 Å². The molecule has 3 aliphatic rings. The second-order valence-corrected chi connectivity index (χ2v) is 10.5. The molecule has 0 amide bonds. The number of hydrogen-bond acceptors (Lipinski definition) is 7. The molecule has 0 N–H and O–H groups in total. The van der Waals surface area contributed by atoms with E-state index in [-0.39, 0.29) is 23.1 Å². The van der Waals surface area contributed by atoms with Crippen molar-refractivity contribution in [3.63, 3.8) is 0 Å². The maximum Gasteiger partial charge on any atom is 0.146 e. The smallest absolute Gasteiger partial charge is 0.146 e. The van der Waals surface area contributed by atoms with Crippen molar-refractivity contribution in [2.24, 2.45) is 5.92 Å². The fraction of sp³-hybridized carbons (Fsp3) is 0.370. The van der Waals surface area contributed by atoms with Crippen LogP contribution in [-0.2, 0) is 4.84 Å². The summed E-state index contributed by atoms with van der Waals surface area (Å²) in [6, 6.07) is 14.7. The van der Waals surface area contributed by atoms with Crippen molar-refractivity contribution < 1.29 is 14.3 Å². The average molecular weight is 491 g/mol. The van der Waals surface area contributed by atoms with Crippen molar-refractivity contribution in [1.82, 2.24) is 15.0 Å². The molecule has 4 heterocycles. The van der Waals surface area contributed by atoms with E-state index in [1.165, 1.54) is 6.33 Å². The molecule has 3 aliphatic heterocycles. The summed E-state index contributed by atoms with van der Waals surface area (Å²) in [6.07, 6.45) is 4.22. The minimum Gasteiger partial charge on any atom is -0.493 e. The summed E-state index contributed by atoms with van der Waals surface area (Å²) in [5.41, 5.74) is 1.63. The van der Waals surface area contributed by atoms with Gasteiger partial charge in [0.2, 0.25) is 0 Å². The standard InChI is InChI=1S/C27H27ClN4O3/c1-26(2)13-17(25-27(3,4)32(26)35-25)15-33-18-8-9-24(21(28)12-18)34-23-7-5-6-19(20(23)14-29)22-10-11-30-16-31-22/h5-12,16-17,25H,13,15H2,1-4H3/t17-,25-/m1/s1. The Balaban J connectivity index is 1.31. The fourth-order valence-corrected chi connectivity index (χ4v) is 5.59. The normalized spacial score (nSPS) is 23.6. The first-order chi connectivity index (χ1) is 16.7. The summed E-state index contributed by atoms with van der Waals surface area (Å²) >= 11 is 6.54. The number of fused-ring (bicyclic) bond motifs is 2. The second-order valence-electron chi connectivity index (χ2n) is 10.1. The number of ether oxygens (including phenoxy) is 2. The van der Waals surface area contributed by atoms with Crippen molar-refractivity contribution in [1.29, 1.82) is 5.26 Å². The topological polar surface area (TPSA) is 80.5 Å². The molecule has 35 heavy (non-hydrogen) atoms. The van der Waals surface area contributed by atoms with Gasteiger partial charge in [-0.1, -0.05) is 23.7 Å². The van der Waals surface area contributed by atoms with Crippen molar-refractivity contribution in [2.75, 3.05) is 6.61 Å². The number of piperidine rings is 1. The molecule has 3 fully saturated rings. The van der Waals surface area contributed by atoms with Gasteiger partial charge in [-0.25, -0.2) is 9.97 Å². The van der Waals surface area contributed by atoms with Gasteiger partial charge in [-0.05, 0) is 58.4 Å². The van der Waals surface area contributed by atoms with Crippen LogP contribution in [0.2, 0.25) is 5.02 Å². The molecule has 180 valence electrons. The predicted molar refractivity (Wildman–Crippen MR) is 132 cm³/mol. The molecule has 1 unspecified atom stereocenters. The number of nitrogens with zero attached hydrogens (tertiary/aromatic N) is 4. The molecule has 0 aliphatic carbocycles. The van der Waals surface area contributed by atoms with E-state index in [0.29, 0.717) is 45.7 Å². The van der Waals surface area contributed by atoms with Crippen LogP contribution in [0.3, 0.4) is 0 Å². The first-order valence-electron chi connectivity index (χ1n) is 11.6. The molecule has 0 spiro atoms. The second kappa shape index (κ2) is 8.80. The van der Waals surface area contributed by atoms with Gasteiger partial charge in [-0.15, -0.1) is 0 Å². The number of rotatable bonds is 6. The Morgan fingerprint density at radius 3 is 2.66 bits per heavy atom. The molecular weight excluding hydrogens is 464 g/mol. The lowest BCUT2D eigenvalue weighted by atomic mass is 9.71. The van der Waals surface area contributed by atoms with Crippen LogP contribution in [0.15, 0.2) is 55.0 Å². The predicted octanol–water partition coefficient (Wildman–Crippen LogP) is 6.03. The Bertz CT molecular complexity index is 1280. The van der Waals surface area contributed by atoms with Gasteiger partial charge in [-0.2, -0.15) is 10.3 Å². The average Bonchev–Trinajstić information content (AvgIpc) is 2.83. The Hall–Kier alpha value is -3.18. The third kappa shape index (κ3) is 4.23. The highest BCUT2D eigenvalue weighted by Gasteiger charge is 2.62. The van der Waals surface area contributed by atoms with Crippen molar-refractivity contribution in [3.8, 4) is 34.6 Å². The van der Waals surface area contributed by atoms with Gasteiger partial charge in [0.05, 0.1) is 22.9 Å². The lowest BCUT2D eigenvalue weighted by Crippen LogP contribution is -2.78. The van der Waals surface area contributed by atoms with Crippen molar-refractivity contribution in [3.05, 3.63) is 65.6 Å². The Labute approximate surface area is 210 Å². The number of hydroxylamine groups is 2. The van der Waals surface area contributed by atoms with E-state index < -0.39 is 0 Å². The molecule has 0 saturated carbocycles. The van der Waals surface area contributed by atoms with E-state index in [4.69, 9.17) is 25.9 Å². The van der Waals surface area contributed by atoms with E-state index in [1.807, 2.05) is 18.2 Å². The van der Waals surface area contributed by atoms with Gasteiger partial charge < -0.3 is 9.47 Å². The number of nitriles is 1. The molecule has 3 saturated heterocycles. The summed E-state index contributed by atoms with van der Waals surface area (Å²) in [5, 5.41) is 12.3. The zero-order valence-corrected chi connectivity index (χ0v) is 20.9. The van der Waals surface area contributed by atoms with E-state index in [1.54, 1.807) is 30.5 Å². The van der Waals surface area contributed by atoms with Crippen LogP contribution in [0.4, 0.5) is 0 Å². The third-order valence-corrected chi connectivity index (χ3v) is 7.06. The molecule has 8 heteroatoms. The molecule has 3 atom stereocenters. The Morgan fingerprint density at radius 1 is 1.17 bits per heavy atom. The fourth-order valence-electron chi connectivity index (χ4n) is 5.38. The minimum absolute atomic E-state index is 0.0100. The zero-order chi connectivity index (χ0) is 24.8. The quantitative estimate of drug-likeness (QED) is 0.417. The number of halogens is 1. The molecule has 3 aromatic rings. The van der Waals surface area contributed by atoms with E-state index in [0.717, 1.165) is 6.42 Å². The minimum atomic E-state index is -0.0413. The SMILES string of the molecule is CC1(C)C[C@H](COc2ccc(Oc3cccc(-c4ccncn4)c3C#N)c(Cl)c2)[C@H]2ON1C2(C)C. The summed E-state index contributed by atoms with van der Waals surface area (Å²) in [4.78, 5) is 14.2. The lowest BCUT2D eigenvalue weighted by Gasteiger charge is -2.66. The zero-order valence-electron chi connectivity index (χ0n) is 20.2. The molecule has 0 radical (unpaired) electrons. The third-order valence-electron chi connectivity index (χ3n) is 6.76. The summed E-state index contributed by atoms with van der Waals surface area (Å²) in [5.74, 6) is 1.78. The highest BCUT2D eigenvalue weighted by Crippen LogP contribution is 2.51. The lowest BCUT2D eigenvalue weighted by molar-refractivity contribution is -0.449. The highest BCUT2D eigenvalue weighted by molar-refractivity contribution is 6.32. The Kier molecular flexibility index (Phi) is 5.92. The molecule has 2 aromatic carbocycles. The maximum absolute atomic E-state index is 9.80. The van der Waals surface area contributed by atoms with Crippen LogP contribution in [0.1, 0.15) is 39.7 Å².